The van der Waals surface area contributed by atoms with Crippen LogP contribution in [-0.4, -0.2) is 28.9 Å². The van der Waals surface area contributed by atoms with E-state index in [1.807, 2.05) is 42.1 Å². The van der Waals surface area contributed by atoms with Crippen molar-refractivity contribution in [1.82, 2.24) is 28.9 Å². The molecule has 0 aliphatic carbocycles. The summed E-state index contributed by atoms with van der Waals surface area (Å²) >= 11 is 0. The minimum absolute atomic E-state index is 0.0618. The Labute approximate surface area is 215 Å². The Bertz CT molecular complexity index is 1740. The number of allylic oxidation sites excluding steroid dienone is 3. The number of nitrogens with zero attached hydrogens (tertiary/aromatic N) is 6. The van der Waals surface area contributed by atoms with Crippen LogP contribution >= 0.6 is 0 Å². The molecule has 0 bridgehead atoms. The summed E-state index contributed by atoms with van der Waals surface area (Å²) in [6, 6.07) is 10.9. The second-order valence-corrected chi connectivity index (χ2v) is 8.71. The van der Waals surface area contributed by atoms with Gasteiger partial charge in [-0.3, -0.25) is 9.55 Å². The van der Waals surface area contributed by atoms with Gasteiger partial charge in [0.25, 0.3) is 5.89 Å². The van der Waals surface area contributed by atoms with Crippen molar-refractivity contribution in [3.05, 3.63) is 100 Å². The fraction of sp³-hybridized carbons (Fsp3) is 0.185. The highest BCUT2D eigenvalue weighted by Gasteiger charge is 2.18. The summed E-state index contributed by atoms with van der Waals surface area (Å²) in [5.41, 5.74) is 3.03. The molecule has 0 amide bonds. The molecule has 0 N–H and O–H groups in total. The van der Waals surface area contributed by atoms with E-state index >= 15 is 4.39 Å². The maximum absolute atomic E-state index is 15.6. The maximum atomic E-state index is 15.6. The number of fused-ring (bicyclic) bond motifs is 1. The lowest BCUT2D eigenvalue weighted by Crippen LogP contribution is -2.23. The minimum atomic E-state index is -2.87. The highest BCUT2D eigenvalue weighted by Crippen LogP contribution is 2.29. The number of halogens is 3. The molecule has 0 aliphatic rings. The molecular formula is C27H23F3N6O2. The van der Waals surface area contributed by atoms with E-state index in [0.29, 0.717) is 22.5 Å². The fourth-order valence-corrected chi connectivity index (χ4v) is 4.24. The van der Waals surface area contributed by atoms with Gasteiger partial charge in [0.2, 0.25) is 5.89 Å². The first-order valence-corrected chi connectivity index (χ1v) is 11.7. The molecule has 0 saturated heterocycles. The summed E-state index contributed by atoms with van der Waals surface area (Å²) in [5.74, 6) is -1.35. The van der Waals surface area contributed by atoms with Crippen LogP contribution in [-0.2, 0) is 20.6 Å². The molecule has 11 heteroatoms. The molecule has 0 saturated carbocycles. The number of pyridine rings is 1. The molecule has 5 rings (SSSR count). The van der Waals surface area contributed by atoms with Crippen molar-refractivity contribution in [3.63, 3.8) is 0 Å². The van der Waals surface area contributed by atoms with Crippen LogP contribution in [0.2, 0.25) is 0 Å². The topological polar surface area (TPSA) is 83.7 Å². The lowest BCUT2D eigenvalue weighted by Gasteiger charge is -2.08. The van der Waals surface area contributed by atoms with Crippen molar-refractivity contribution in [2.45, 2.75) is 19.9 Å². The number of hydrogen-bond donors (Lipinski definition) is 0. The van der Waals surface area contributed by atoms with Crippen molar-refractivity contribution in [3.8, 4) is 11.5 Å². The first kappa shape index (κ1) is 25.0. The highest BCUT2D eigenvalue weighted by atomic mass is 19.3. The number of alkyl halides is 2. The zero-order chi connectivity index (χ0) is 27.0. The van der Waals surface area contributed by atoms with Crippen LogP contribution in [0, 0.1) is 0 Å². The van der Waals surface area contributed by atoms with E-state index in [2.05, 4.69) is 15.2 Å². The normalized spacial score (nSPS) is 12.7. The minimum Gasteiger partial charge on any atom is -0.415 e. The van der Waals surface area contributed by atoms with Crippen LogP contribution in [0.3, 0.4) is 0 Å². The summed E-state index contributed by atoms with van der Waals surface area (Å²) in [4.78, 5) is 17.1. The molecular weight excluding hydrogens is 497 g/mol. The van der Waals surface area contributed by atoms with Crippen LogP contribution in [0.4, 0.5) is 13.2 Å². The van der Waals surface area contributed by atoms with Crippen LogP contribution in [0.1, 0.15) is 36.2 Å². The van der Waals surface area contributed by atoms with E-state index in [1.165, 1.54) is 21.4 Å². The molecule has 0 aliphatic heterocycles. The molecule has 0 atom stereocenters. The Balaban J connectivity index is 1.42. The smallest absolute Gasteiger partial charge is 0.328 e. The maximum Gasteiger partial charge on any atom is 0.328 e. The van der Waals surface area contributed by atoms with Crippen LogP contribution in [0.25, 0.3) is 34.0 Å². The number of rotatable bonds is 7. The lowest BCUT2D eigenvalue weighted by atomic mass is 10.0. The molecule has 4 aromatic heterocycles. The number of aryl methyl sites for hydroxylation is 2. The van der Waals surface area contributed by atoms with Gasteiger partial charge in [-0.05, 0) is 48.9 Å². The largest absolute Gasteiger partial charge is 0.415 e. The Hall–Kier alpha value is -4.67. The van der Waals surface area contributed by atoms with E-state index in [-0.39, 0.29) is 18.1 Å². The molecule has 0 fully saturated rings. The van der Waals surface area contributed by atoms with E-state index < -0.39 is 18.1 Å². The summed E-state index contributed by atoms with van der Waals surface area (Å²) in [7, 11) is 3.53. The second-order valence-electron chi connectivity index (χ2n) is 8.71. The third-order valence-corrected chi connectivity index (χ3v) is 6.21. The fourth-order valence-electron chi connectivity index (χ4n) is 4.24. The van der Waals surface area contributed by atoms with Gasteiger partial charge in [0.1, 0.15) is 5.83 Å². The van der Waals surface area contributed by atoms with Gasteiger partial charge >= 0.3 is 12.1 Å². The SMILES string of the molecule is C/C=C(\C(F)=C/c1cn(C)c(=O)n1Cc1ccc(-c2nnc(C(F)F)o2)cn1)c1ccc2c(ccn2C)c1. The second kappa shape index (κ2) is 10.0. The first-order valence-electron chi connectivity index (χ1n) is 11.7. The van der Waals surface area contributed by atoms with Crippen molar-refractivity contribution in [2.24, 2.45) is 14.1 Å². The van der Waals surface area contributed by atoms with Gasteiger partial charge < -0.3 is 13.6 Å². The van der Waals surface area contributed by atoms with Gasteiger partial charge in [0.05, 0.1) is 23.5 Å². The lowest BCUT2D eigenvalue weighted by molar-refractivity contribution is 0.116. The summed E-state index contributed by atoms with van der Waals surface area (Å²) in [5, 5.41) is 7.90. The molecule has 0 unspecified atom stereocenters. The average Bonchev–Trinajstić information content (AvgIpc) is 3.60. The Morgan fingerprint density at radius 2 is 1.92 bits per heavy atom. The summed E-state index contributed by atoms with van der Waals surface area (Å²) in [6.45, 7) is 1.82. The zero-order valence-electron chi connectivity index (χ0n) is 20.8. The van der Waals surface area contributed by atoms with Gasteiger partial charge in [-0.1, -0.05) is 12.1 Å². The molecule has 8 nitrogen and oxygen atoms in total. The van der Waals surface area contributed by atoms with E-state index in [4.69, 9.17) is 4.42 Å². The Morgan fingerprint density at radius 1 is 1.11 bits per heavy atom. The van der Waals surface area contributed by atoms with Crippen LogP contribution in [0.5, 0.6) is 0 Å². The molecule has 0 spiro atoms. The predicted molar refractivity (Wildman–Crippen MR) is 137 cm³/mol. The van der Waals surface area contributed by atoms with Crippen molar-refractivity contribution >= 4 is 22.6 Å². The molecule has 194 valence electrons. The number of hydrogen-bond acceptors (Lipinski definition) is 5. The summed E-state index contributed by atoms with van der Waals surface area (Å²) < 4.78 is 50.7. The van der Waals surface area contributed by atoms with Gasteiger partial charge in [-0.25, -0.2) is 9.18 Å². The van der Waals surface area contributed by atoms with E-state index in [0.717, 1.165) is 16.5 Å². The molecule has 1 aromatic carbocycles. The highest BCUT2D eigenvalue weighted by molar-refractivity contribution is 5.89. The monoisotopic (exact) mass is 520 g/mol. The molecule has 0 radical (unpaired) electrons. The Kier molecular flexibility index (Phi) is 6.58. The van der Waals surface area contributed by atoms with Gasteiger partial charge in [-0.2, -0.15) is 8.78 Å². The summed E-state index contributed by atoms with van der Waals surface area (Å²) in [6.07, 6.45) is 5.03. The van der Waals surface area contributed by atoms with Crippen molar-refractivity contribution in [2.75, 3.05) is 0 Å². The number of aromatic nitrogens is 6. The standard InChI is InChI=1S/C27H23F3N6O2/c1-4-21(16-6-8-23-17(11-16)9-10-34(23)2)22(28)12-20-15-35(3)27(37)36(20)14-19-7-5-18(13-31-19)25-32-33-26(38-25)24(29)30/h4-13,15,24H,14H2,1-3H3/b21-4-,22-12+. The number of imidazole rings is 1. The Morgan fingerprint density at radius 3 is 2.61 bits per heavy atom. The predicted octanol–water partition coefficient (Wildman–Crippen LogP) is 5.52. The molecule has 38 heavy (non-hydrogen) atoms. The van der Waals surface area contributed by atoms with E-state index in [1.54, 1.807) is 38.4 Å². The third-order valence-electron chi connectivity index (χ3n) is 6.21. The van der Waals surface area contributed by atoms with Gasteiger partial charge in [0.15, 0.2) is 0 Å². The van der Waals surface area contributed by atoms with Crippen molar-refractivity contribution < 1.29 is 17.6 Å². The quantitative estimate of drug-likeness (QED) is 0.264. The first-order chi connectivity index (χ1) is 18.2. The third kappa shape index (κ3) is 4.70. The van der Waals surface area contributed by atoms with Crippen LogP contribution in [0.15, 0.2) is 76.1 Å². The van der Waals surface area contributed by atoms with Gasteiger partial charge in [-0.15, -0.1) is 10.2 Å². The van der Waals surface area contributed by atoms with E-state index in [9.17, 15) is 13.6 Å². The molecule has 5 aromatic rings. The number of benzene rings is 1. The van der Waals surface area contributed by atoms with Gasteiger partial charge in [0, 0.05) is 49.2 Å². The van der Waals surface area contributed by atoms with Crippen molar-refractivity contribution in [1.29, 1.82) is 0 Å². The molecule has 4 heterocycles. The zero-order valence-corrected chi connectivity index (χ0v) is 20.8. The van der Waals surface area contributed by atoms with Crippen LogP contribution < -0.4 is 5.69 Å². The average molecular weight is 521 g/mol.